The van der Waals surface area contributed by atoms with Crippen LogP contribution in [0.3, 0.4) is 0 Å². The largest absolute Gasteiger partial charge is 0.0851 e. The molecule has 13 heavy (non-hydrogen) atoms. The highest BCUT2D eigenvalue weighted by Crippen LogP contribution is 2.26. The van der Waals surface area contributed by atoms with E-state index in [0.29, 0.717) is 10.8 Å². The summed E-state index contributed by atoms with van der Waals surface area (Å²) < 4.78 is 0. The van der Waals surface area contributed by atoms with Crippen molar-refractivity contribution in [3.63, 3.8) is 0 Å². The second kappa shape index (κ2) is 4.30. The molecule has 0 aliphatic rings. The Kier molecular flexibility index (Phi) is 4.22. The van der Waals surface area contributed by atoms with Crippen molar-refractivity contribution in [3.8, 4) is 0 Å². The Balaban J connectivity index is 4.05. The van der Waals surface area contributed by atoms with E-state index < -0.39 is 0 Å². The van der Waals surface area contributed by atoms with E-state index in [1.807, 2.05) is 0 Å². The van der Waals surface area contributed by atoms with Gasteiger partial charge in [-0.2, -0.15) is 0 Å². The second-order valence-corrected chi connectivity index (χ2v) is 6.55. The fraction of sp³-hybridized carbons (Fsp3) is 0.846. The lowest BCUT2D eigenvalue weighted by atomic mass is 9.86. The van der Waals surface area contributed by atoms with Gasteiger partial charge in [0.05, 0.1) is 0 Å². The molecular formula is C13H26. The van der Waals surface area contributed by atoms with Crippen LogP contribution in [0, 0.1) is 10.8 Å². The van der Waals surface area contributed by atoms with E-state index in [9.17, 15) is 0 Å². The Hall–Kier alpha value is -0.260. The van der Waals surface area contributed by atoms with Gasteiger partial charge in [-0.3, -0.25) is 0 Å². The van der Waals surface area contributed by atoms with Crippen LogP contribution in [-0.2, 0) is 0 Å². The highest BCUT2D eigenvalue weighted by atomic mass is 14.2. The molecule has 0 heterocycles. The van der Waals surface area contributed by atoms with Crippen molar-refractivity contribution < 1.29 is 0 Å². The molecule has 0 bridgehead atoms. The first-order valence-electron chi connectivity index (χ1n) is 5.26. The monoisotopic (exact) mass is 182 g/mol. The Bertz CT molecular complexity index is 171. The van der Waals surface area contributed by atoms with Crippen LogP contribution < -0.4 is 0 Å². The van der Waals surface area contributed by atoms with Gasteiger partial charge >= 0.3 is 0 Å². The SMILES string of the molecule is C/C(=C\CC(C)(C)C)CC(C)(C)C. The molecule has 0 radical (unpaired) electrons. The van der Waals surface area contributed by atoms with Gasteiger partial charge in [-0.15, -0.1) is 0 Å². The minimum atomic E-state index is 0.429. The summed E-state index contributed by atoms with van der Waals surface area (Å²) in [4.78, 5) is 0. The molecule has 0 atom stereocenters. The minimum Gasteiger partial charge on any atom is -0.0851 e. The molecule has 0 aromatic carbocycles. The number of allylic oxidation sites excluding steroid dienone is 2. The molecule has 0 fully saturated rings. The van der Waals surface area contributed by atoms with Gasteiger partial charge in [0.15, 0.2) is 0 Å². The molecule has 0 aromatic heterocycles. The van der Waals surface area contributed by atoms with Gasteiger partial charge < -0.3 is 0 Å². The van der Waals surface area contributed by atoms with Crippen LogP contribution in [0.15, 0.2) is 11.6 Å². The summed E-state index contributed by atoms with van der Waals surface area (Å²) in [7, 11) is 0. The Labute approximate surface area is 84.4 Å². The normalized spacial score (nSPS) is 14.8. The van der Waals surface area contributed by atoms with Gasteiger partial charge in [-0.1, -0.05) is 53.2 Å². The molecule has 0 unspecified atom stereocenters. The Morgan fingerprint density at radius 3 is 1.69 bits per heavy atom. The standard InChI is InChI=1S/C13H26/c1-11(10-13(5,6)7)8-9-12(2,3)4/h8H,9-10H2,1-7H3/b11-8+. The molecule has 0 spiro atoms. The summed E-state index contributed by atoms with van der Waals surface area (Å²) in [6, 6.07) is 0. The van der Waals surface area contributed by atoms with Crippen LogP contribution in [0.2, 0.25) is 0 Å². The van der Waals surface area contributed by atoms with Gasteiger partial charge in [-0.25, -0.2) is 0 Å². The molecule has 0 aliphatic carbocycles. The highest BCUT2D eigenvalue weighted by Gasteiger charge is 2.12. The molecule has 0 heteroatoms. The topological polar surface area (TPSA) is 0 Å². The number of rotatable bonds is 2. The van der Waals surface area contributed by atoms with E-state index in [1.54, 1.807) is 0 Å². The summed E-state index contributed by atoms with van der Waals surface area (Å²) in [5, 5.41) is 0. The maximum atomic E-state index is 2.39. The van der Waals surface area contributed by atoms with Crippen molar-refractivity contribution in [1.82, 2.24) is 0 Å². The van der Waals surface area contributed by atoms with Crippen LogP contribution in [0.1, 0.15) is 61.3 Å². The van der Waals surface area contributed by atoms with Gasteiger partial charge in [0.25, 0.3) is 0 Å². The molecule has 0 aliphatic heterocycles. The molecule has 0 saturated carbocycles. The molecule has 0 rings (SSSR count). The van der Waals surface area contributed by atoms with Crippen molar-refractivity contribution in [2.75, 3.05) is 0 Å². The molecule has 0 nitrogen and oxygen atoms in total. The van der Waals surface area contributed by atoms with Gasteiger partial charge in [0.2, 0.25) is 0 Å². The molecule has 0 aromatic rings. The minimum absolute atomic E-state index is 0.429. The van der Waals surface area contributed by atoms with E-state index in [4.69, 9.17) is 0 Å². The maximum absolute atomic E-state index is 2.39. The first-order chi connectivity index (χ1) is 5.60. The van der Waals surface area contributed by atoms with Crippen molar-refractivity contribution in [2.45, 2.75) is 61.3 Å². The molecule has 0 N–H and O–H groups in total. The van der Waals surface area contributed by atoms with E-state index in [0.717, 1.165) is 0 Å². The summed E-state index contributed by atoms with van der Waals surface area (Å²) >= 11 is 0. The fourth-order valence-electron chi connectivity index (χ4n) is 1.39. The predicted molar refractivity (Wildman–Crippen MR) is 61.9 cm³/mol. The van der Waals surface area contributed by atoms with E-state index in [1.165, 1.54) is 18.4 Å². The summed E-state index contributed by atoms with van der Waals surface area (Å²) in [6.07, 6.45) is 4.79. The maximum Gasteiger partial charge on any atom is -0.0274 e. The van der Waals surface area contributed by atoms with Crippen molar-refractivity contribution in [1.29, 1.82) is 0 Å². The molecular weight excluding hydrogens is 156 g/mol. The van der Waals surface area contributed by atoms with Crippen molar-refractivity contribution >= 4 is 0 Å². The summed E-state index contributed by atoms with van der Waals surface area (Å²) in [5.41, 5.74) is 2.39. The quantitative estimate of drug-likeness (QED) is 0.538. The van der Waals surface area contributed by atoms with E-state index >= 15 is 0 Å². The zero-order valence-electron chi connectivity index (χ0n) is 10.5. The first kappa shape index (κ1) is 12.7. The van der Waals surface area contributed by atoms with Crippen LogP contribution in [0.4, 0.5) is 0 Å². The third-order valence-corrected chi connectivity index (χ3v) is 1.87. The second-order valence-electron chi connectivity index (χ2n) is 6.55. The Morgan fingerprint density at radius 1 is 0.923 bits per heavy atom. The summed E-state index contributed by atoms with van der Waals surface area (Å²) in [6.45, 7) is 16.0. The molecule has 0 saturated heterocycles. The highest BCUT2D eigenvalue weighted by molar-refractivity contribution is 5.01. The lowest BCUT2D eigenvalue weighted by Gasteiger charge is -2.20. The van der Waals surface area contributed by atoms with Gasteiger partial charge in [0, 0.05) is 0 Å². The average Bonchev–Trinajstić information content (AvgIpc) is 1.78. The molecule has 78 valence electrons. The zero-order chi connectivity index (χ0) is 10.7. The molecule has 0 amide bonds. The smallest absolute Gasteiger partial charge is 0.0274 e. The van der Waals surface area contributed by atoms with Crippen LogP contribution in [-0.4, -0.2) is 0 Å². The predicted octanol–water partition coefficient (Wildman–Crippen LogP) is 4.81. The Morgan fingerprint density at radius 2 is 1.38 bits per heavy atom. The van der Waals surface area contributed by atoms with Crippen molar-refractivity contribution in [3.05, 3.63) is 11.6 Å². The van der Waals surface area contributed by atoms with Crippen molar-refractivity contribution in [2.24, 2.45) is 10.8 Å². The van der Waals surface area contributed by atoms with E-state index in [2.05, 4.69) is 54.5 Å². The summed E-state index contributed by atoms with van der Waals surface area (Å²) in [5.74, 6) is 0. The lowest BCUT2D eigenvalue weighted by Crippen LogP contribution is -2.06. The van der Waals surface area contributed by atoms with Crippen LogP contribution in [0.5, 0.6) is 0 Å². The third kappa shape index (κ3) is 9.66. The van der Waals surface area contributed by atoms with Gasteiger partial charge in [-0.05, 0) is 30.6 Å². The third-order valence-electron chi connectivity index (χ3n) is 1.87. The van der Waals surface area contributed by atoms with Gasteiger partial charge in [0.1, 0.15) is 0 Å². The zero-order valence-corrected chi connectivity index (χ0v) is 10.5. The lowest BCUT2D eigenvalue weighted by molar-refractivity contribution is 0.398. The van der Waals surface area contributed by atoms with Crippen LogP contribution in [0.25, 0.3) is 0 Å². The number of hydrogen-bond acceptors (Lipinski definition) is 0. The van der Waals surface area contributed by atoms with Crippen LogP contribution >= 0.6 is 0 Å². The fourth-order valence-corrected chi connectivity index (χ4v) is 1.39. The van der Waals surface area contributed by atoms with E-state index in [-0.39, 0.29) is 0 Å². The average molecular weight is 182 g/mol. The number of hydrogen-bond donors (Lipinski definition) is 0. The first-order valence-corrected chi connectivity index (χ1v) is 5.26.